The third kappa shape index (κ3) is 3.48. The van der Waals surface area contributed by atoms with Crippen molar-refractivity contribution in [3.63, 3.8) is 0 Å². The zero-order chi connectivity index (χ0) is 18.8. The van der Waals surface area contributed by atoms with Gasteiger partial charge in [0.25, 0.3) is 5.91 Å². The molecule has 0 aliphatic heterocycles. The number of nitrogens with zero attached hydrogens (tertiary/aromatic N) is 2. The summed E-state index contributed by atoms with van der Waals surface area (Å²) in [6.07, 6.45) is 7.59. The number of benzene rings is 1. The highest BCUT2D eigenvalue weighted by atomic mass is 16.5. The van der Waals surface area contributed by atoms with Crippen molar-refractivity contribution in [1.29, 1.82) is 0 Å². The van der Waals surface area contributed by atoms with Gasteiger partial charge < -0.3 is 14.8 Å². The number of fused-ring (bicyclic) bond motifs is 1. The van der Waals surface area contributed by atoms with Gasteiger partial charge in [-0.1, -0.05) is 6.08 Å². The highest BCUT2D eigenvalue weighted by Gasteiger charge is 2.26. The number of amides is 1. The first-order valence-corrected chi connectivity index (χ1v) is 8.73. The molecule has 1 amide bonds. The smallest absolute Gasteiger partial charge is 0.255 e. The molecule has 138 valence electrons. The maximum atomic E-state index is 12.5. The standard InChI is InChI=1S/C20H20N4O3/c1-26-17-10-4-12(11-21-17)3-8-15-18-16(24-23-15)9-7-14(19(18)27-2)20(25)22-13-5-6-13/h3-4,7-11,13H,5-6H2,1-2H3,(H,22,25)(H,23,24)/b8-3+. The maximum Gasteiger partial charge on any atom is 0.255 e. The lowest BCUT2D eigenvalue weighted by atomic mass is 10.1. The minimum absolute atomic E-state index is 0.119. The molecule has 0 bridgehead atoms. The van der Waals surface area contributed by atoms with Gasteiger partial charge in [0.2, 0.25) is 5.88 Å². The molecule has 1 aromatic carbocycles. The van der Waals surface area contributed by atoms with Crippen LogP contribution in [-0.2, 0) is 0 Å². The van der Waals surface area contributed by atoms with Crippen molar-refractivity contribution in [2.24, 2.45) is 0 Å². The zero-order valence-corrected chi connectivity index (χ0v) is 15.2. The van der Waals surface area contributed by atoms with Crippen LogP contribution in [0.5, 0.6) is 11.6 Å². The van der Waals surface area contributed by atoms with E-state index in [0.29, 0.717) is 17.2 Å². The number of hydrogen-bond acceptors (Lipinski definition) is 5. The molecule has 7 heteroatoms. The molecule has 0 saturated heterocycles. The lowest BCUT2D eigenvalue weighted by molar-refractivity contribution is 0.0948. The predicted octanol–water partition coefficient (Wildman–Crippen LogP) is 3.04. The molecular formula is C20H20N4O3. The molecule has 3 aromatic rings. The molecule has 0 radical (unpaired) electrons. The van der Waals surface area contributed by atoms with Crippen molar-refractivity contribution in [1.82, 2.24) is 20.5 Å². The lowest BCUT2D eigenvalue weighted by Crippen LogP contribution is -2.25. The van der Waals surface area contributed by atoms with Crippen LogP contribution in [0.15, 0.2) is 30.5 Å². The van der Waals surface area contributed by atoms with Gasteiger partial charge in [-0.3, -0.25) is 9.89 Å². The Morgan fingerprint density at radius 1 is 1.19 bits per heavy atom. The second-order valence-electron chi connectivity index (χ2n) is 6.39. The molecule has 7 nitrogen and oxygen atoms in total. The Hall–Kier alpha value is -3.35. The topological polar surface area (TPSA) is 89.1 Å². The van der Waals surface area contributed by atoms with Crippen molar-refractivity contribution in [3.05, 3.63) is 47.3 Å². The Bertz CT molecular complexity index is 1000. The van der Waals surface area contributed by atoms with Crippen molar-refractivity contribution in [2.45, 2.75) is 18.9 Å². The van der Waals surface area contributed by atoms with Crippen LogP contribution in [-0.4, -0.2) is 41.3 Å². The van der Waals surface area contributed by atoms with E-state index < -0.39 is 0 Å². The number of hydrogen-bond donors (Lipinski definition) is 2. The average molecular weight is 364 g/mol. The van der Waals surface area contributed by atoms with Crippen LogP contribution in [0.25, 0.3) is 23.1 Å². The van der Waals surface area contributed by atoms with Crippen molar-refractivity contribution >= 4 is 29.0 Å². The predicted molar refractivity (Wildman–Crippen MR) is 103 cm³/mol. The summed E-state index contributed by atoms with van der Waals surface area (Å²) < 4.78 is 10.6. The summed E-state index contributed by atoms with van der Waals surface area (Å²) in [6.45, 7) is 0. The van der Waals surface area contributed by atoms with E-state index in [4.69, 9.17) is 9.47 Å². The zero-order valence-electron chi connectivity index (χ0n) is 15.2. The van der Waals surface area contributed by atoms with Crippen LogP contribution in [0.3, 0.4) is 0 Å². The van der Waals surface area contributed by atoms with Crippen molar-refractivity contribution in [2.75, 3.05) is 14.2 Å². The fourth-order valence-electron chi connectivity index (χ4n) is 2.89. The number of ether oxygens (including phenoxy) is 2. The van der Waals surface area contributed by atoms with E-state index in [1.54, 1.807) is 32.5 Å². The summed E-state index contributed by atoms with van der Waals surface area (Å²) in [4.78, 5) is 16.7. The minimum Gasteiger partial charge on any atom is -0.495 e. The largest absolute Gasteiger partial charge is 0.495 e. The first-order chi connectivity index (χ1) is 13.2. The number of nitrogens with one attached hydrogen (secondary N) is 2. The molecule has 0 spiro atoms. The van der Waals surface area contributed by atoms with Crippen LogP contribution in [0, 0.1) is 0 Å². The number of aromatic nitrogens is 3. The van der Waals surface area contributed by atoms with Gasteiger partial charge in [0.1, 0.15) is 5.75 Å². The summed E-state index contributed by atoms with van der Waals surface area (Å²) in [6, 6.07) is 7.56. The fraction of sp³-hybridized carbons (Fsp3) is 0.250. The summed E-state index contributed by atoms with van der Waals surface area (Å²) in [5.41, 5.74) is 2.93. The van der Waals surface area contributed by atoms with Gasteiger partial charge in [-0.2, -0.15) is 5.10 Å². The van der Waals surface area contributed by atoms with Gasteiger partial charge in [-0.25, -0.2) is 4.98 Å². The molecule has 2 aromatic heterocycles. The molecule has 4 rings (SSSR count). The summed E-state index contributed by atoms with van der Waals surface area (Å²) >= 11 is 0. The molecule has 0 unspecified atom stereocenters. The second kappa shape index (κ2) is 7.11. The van der Waals surface area contributed by atoms with Gasteiger partial charge in [-0.15, -0.1) is 0 Å². The SMILES string of the molecule is COc1ccc(/C=C/c2[nH]nc3ccc(C(=O)NC4CC4)c(OC)c23)cn1. The van der Waals surface area contributed by atoms with Crippen LogP contribution >= 0.6 is 0 Å². The quantitative estimate of drug-likeness (QED) is 0.702. The number of carbonyl (C=O) groups excluding carboxylic acids is 1. The van der Waals surface area contributed by atoms with Gasteiger partial charge >= 0.3 is 0 Å². The molecular weight excluding hydrogens is 344 g/mol. The van der Waals surface area contributed by atoms with Gasteiger partial charge in [-0.05, 0) is 42.7 Å². The Morgan fingerprint density at radius 3 is 2.70 bits per heavy atom. The molecule has 2 N–H and O–H groups in total. The van der Waals surface area contributed by atoms with Crippen LogP contribution in [0.1, 0.15) is 34.5 Å². The van der Waals surface area contributed by atoms with E-state index in [1.165, 1.54) is 0 Å². The summed E-state index contributed by atoms with van der Waals surface area (Å²) in [5.74, 6) is 0.964. The van der Waals surface area contributed by atoms with E-state index in [-0.39, 0.29) is 11.9 Å². The maximum absolute atomic E-state index is 12.5. The van der Waals surface area contributed by atoms with Crippen LogP contribution in [0.2, 0.25) is 0 Å². The number of H-pyrrole nitrogens is 1. The Balaban J connectivity index is 1.69. The number of aromatic amines is 1. The van der Waals surface area contributed by atoms with E-state index >= 15 is 0 Å². The highest BCUT2D eigenvalue weighted by molar-refractivity contribution is 6.05. The normalized spacial score (nSPS) is 13.9. The van der Waals surface area contributed by atoms with Crippen LogP contribution in [0.4, 0.5) is 0 Å². The van der Waals surface area contributed by atoms with E-state index in [1.807, 2.05) is 24.3 Å². The van der Waals surface area contributed by atoms with E-state index in [0.717, 1.165) is 35.0 Å². The summed E-state index contributed by atoms with van der Waals surface area (Å²) in [5, 5.41) is 11.1. The Morgan fingerprint density at radius 2 is 2.04 bits per heavy atom. The molecule has 1 saturated carbocycles. The van der Waals surface area contributed by atoms with Crippen molar-refractivity contribution < 1.29 is 14.3 Å². The Kier molecular flexibility index (Phi) is 4.50. The third-order valence-corrected chi connectivity index (χ3v) is 4.47. The van der Waals surface area contributed by atoms with E-state index in [2.05, 4.69) is 20.5 Å². The van der Waals surface area contributed by atoms with Crippen molar-refractivity contribution in [3.8, 4) is 11.6 Å². The molecule has 2 heterocycles. The number of rotatable bonds is 6. The van der Waals surface area contributed by atoms with E-state index in [9.17, 15) is 4.79 Å². The third-order valence-electron chi connectivity index (χ3n) is 4.47. The number of pyridine rings is 1. The highest BCUT2D eigenvalue weighted by Crippen LogP contribution is 2.33. The first-order valence-electron chi connectivity index (χ1n) is 8.73. The monoisotopic (exact) mass is 364 g/mol. The molecule has 1 aliphatic rings. The lowest BCUT2D eigenvalue weighted by Gasteiger charge is -2.10. The molecule has 1 aliphatic carbocycles. The average Bonchev–Trinajstić information content (AvgIpc) is 3.42. The molecule has 27 heavy (non-hydrogen) atoms. The number of carbonyl (C=O) groups is 1. The first kappa shape index (κ1) is 17.1. The van der Waals surface area contributed by atoms with Gasteiger partial charge in [0, 0.05) is 18.3 Å². The van der Waals surface area contributed by atoms with Gasteiger partial charge in [0.05, 0.1) is 36.4 Å². The fourth-order valence-corrected chi connectivity index (χ4v) is 2.89. The molecule has 1 fully saturated rings. The Labute approximate surface area is 156 Å². The minimum atomic E-state index is -0.119. The summed E-state index contributed by atoms with van der Waals surface area (Å²) in [7, 11) is 3.15. The number of methoxy groups -OCH3 is 2. The van der Waals surface area contributed by atoms with Gasteiger partial charge in [0.15, 0.2) is 0 Å². The van der Waals surface area contributed by atoms with Crippen LogP contribution < -0.4 is 14.8 Å². The molecule has 0 atom stereocenters. The second-order valence-corrected chi connectivity index (χ2v) is 6.39.